The Morgan fingerprint density at radius 3 is 2.29 bits per heavy atom. The highest BCUT2D eigenvalue weighted by Crippen LogP contribution is 2.29. The topological polar surface area (TPSA) is 66.8 Å². The first kappa shape index (κ1) is 14.6. The molecule has 0 atom stereocenters. The lowest BCUT2D eigenvalue weighted by Crippen LogP contribution is -2.27. The van der Waals surface area contributed by atoms with Gasteiger partial charge >= 0.3 is 12.1 Å². The van der Waals surface area contributed by atoms with Crippen molar-refractivity contribution < 1.29 is 19.4 Å². The lowest BCUT2D eigenvalue weighted by atomic mass is 10.1. The van der Waals surface area contributed by atoms with Crippen LogP contribution in [0.4, 0.5) is 16.2 Å². The SMILES string of the molecule is COC(=O)N(c1ccccc1)c1ccccc1CC(=O)O. The summed E-state index contributed by atoms with van der Waals surface area (Å²) in [5.41, 5.74) is 1.65. The number of benzene rings is 2. The minimum atomic E-state index is -0.958. The molecule has 2 aromatic carbocycles. The summed E-state index contributed by atoms with van der Waals surface area (Å²) in [4.78, 5) is 24.5. The minimum Gasteiger partial charge on any atom is -0.481 e. The zero-order valence-corrected chi connectivity index (χ0v) is 11.5. The van der Waals surface area contributed by atoms with Crippen LogP contribution in [0, 0.1) is 0 Å². The average Bonchev–Trinajstić information content (AvgIpc) is 2.49. The normalized spacial score (nSPS) is 9.95. The molecule has 108 valence electrons. The lowest BCUT2D eigenvalue weighted by molar-refractivity contribution is -0.136. The molecule has 0 fully saturated rings. The molecule has 0 aliphatic heterocycles. The molecule has 0 aromatic heterocycles. The van der Waals surface area contributed by atoms with Crippen LogP contribution in [-0.4, -0.2) is 24.3 Å². The molecule has 1 amide bonds. The van der Waals surface area contributed by atoms with E-state index in [1.54, 1.807) is 48.5 Å². The van der Waals surface area contributed by atoms with Gasteiger partial charge in [0.15, 0.2) is 0 Å². The molecule has 5 heteroatoms. The Bertz CT molecular complexity index is 640. The minimum absolute atomic E-state index is 0.170. The van der Waals surface area contributed by atoms with E-state index < -0.39 is 12.1 Å². The molecule has 0 spiro atoms. The van der Waals surface area contributed by atoms with Gasteiger partial charge in [0.1, 0.15) is 0 Å². The van der Waals surface area contributed by atoms with Crippen molar-refractivity contribution in [3.05, 3.63) is 60.2 Å². The smallest absolute Gasteiger partial charge is 0.418 e. The molecule has 0 aliphatic rings. The van der Waals surface area contributed by atoms with Crippen LogP contribution in [0.25, 0.3) is 0 Å². The van der Waals surface area contributed by atoms with E-state index in [0.717, 1.165) is 0 Å². The van der Waals surface area contributed by atoms with Crippen LogP contribution < -0.4 is 4.90 Å². The Kier molecular flexibility index (Phi) is 4.56. The first-order valence-electron chi connectivity index (χ1n) is 6.36. The van der Waals surface area contributed by atoms with Gasteiger partial charge in [0.2, 0.25) is 0 Å². The van der Waals surface area contributed by atoms with Gasteiger partial charge in [-0.2, -0.15) is 0 Å². The summed E-state index contributed by atoms with van der Waals surface area (Å²) in [6, 6.07) is 15.8. The van der Waals surface area contributed by atoms with Crippen molar-refractivity contribution in [2.75, 3.05) is 12.0 Å². The first-order chi connectivity index (χ1) is 10.1. The number of aliphatic carboxylic acids is 1. The van der Waals surface area contributed by atoms with Crippen molar-refractivity contribution in [2.45, 2.75) is 6.42 Å². The van der Waals surface area contributed by atoms with Gasteiger partial charge in [-0.25, -0.2) is 9.69 Å². The predicted octanol–water partition coefficient (Wildman–Crippen LogP) is 3.22. The van der Waals surface area contributed by atoms with Crippen LogP contribution in [0.5, 0.6) is 0 Å². The number of para-hydroxylation sites is 2. The molecule has 0 heterocycles. The molecular formula is C16H15NO4. The van der Waals surface area contributed by atoms with Gasteiger partial charge < -0.3 is 9.84 Å². The second-order valence-corrected chi connectivity index (χ2v) is 4.34. The number of anilines is 2. The molecule has 0 saturated heterocycles. The van der Waals surface area contributed by atoms with Crippen molar-refractivity contribution in [2.24, 2.45) is 0 Å². The second-order valence-electron chi connectivity index (χ2n) is 4.34. The van der Waals surface area contributed by atoms with Gasteiger partial charge in [0.05, 0.1) is 24.9 Å². The fourth-order valence-electron chi connectivity index (χ4n) is 2.05. The third kappa shape index (κ3) is 3.39. The molecule has 2 aromatic rings. The number of carbonyl (C=O) groups excluding carboxylic acids is 1. The fourth-order valence-corrected chi connectivity index (χ4v) is 2.05. The van der Waals surface area contributed by atoms with Crippen LogP contribution in [0.2, 0.25) is 0 Å². The van der Waals surface area contributed by atoms with Crippen LogP contribution in [-0.2, 0) is 16.0 Å². The Morgan fingerprint density at radius 1 is 1.05 bits per heavy atom. The van der Waals surface area contributed by atoms with Crippen molar-refractivity contribution in [3.63, 3.8) is 0 Å². The van der Waals surface area contributed by atoms with Gasteiger partial charge in [-0.1, -0.05) is 36.4 Å². The lowest BCUT2D eigenvalue weighted by Gasteiger charge is -2.23. The van der Waals surface area contributed by atoms with E-state index in [1.807, 2.05) is 6.07 Å². The van der Waals surface area contributed by atoms with Crippen LogP contribution in [0.15, 0.2) is 54.6 Å². The molecule has 0 unspecified atom stereocenters. The summed E-state index contributed by atoms with van der Waals surface area (Å²) in [6.45, 7) is 0. The zero-order chi connectivity index (χ0) is 15.2. The summed E-state index contributed by atoms with van der Waals surface area (Å²) in [5, 5.41) is 9.00. The molecule has 0 saturated carbocycles. The number of amides is 1. The standard InChI is InChI=1S/C16H15NO4/c1-21-16(20)17(13-8-3-2-4-9-13)14-10-6-5-7-12(14)11-15(18)19/h2-10H,11H2,1H3,(H,18,19). The Labute approximate surface area is 122 Å². The van der Waals surface area contributed by atoms with Gasteiger partial charge in [-0.05, 0) is 23.8 Å². The van der Waals surface area contributed by atoms with Gasteiger partial charge in [0.25, 0.3) is 0 Å². The maximum Gasteiger partial charge on any atom is 0.418 e. The van der Waals surface area contributed by atoms with E-state index in [2.05, 4.69) is 0 Å². The van der Waals surface area contributed by atoms with E-state index in [9.17, 15) is 9.59 Å². The maximum absolute atomic E-state index is 12.1. The summed E-state index contributed by atoms with van der Waals surface area (Å²) in [7, 11) is 1.29. The number of rotatable bonds is 4. The third-order valence-electron chi connectivity index (χ3n) is 2.95. The summed E-state index contributed by atoms with van der Waals surface area (Å²) >= 11 is 0. The van der Waals surface area contributed by atoms with E-state index in [4.69, 9.17) is 9.84 Å². The quantitative estimate of drug-likeness (QED) is 0.936. The molecule has 21 heavy (non-hydrogen) atoms. The number of carboxylic acid groups (broad SMARTS) is 1. The second kappa shape index (κ2) is 6.56. The molecule has 0 radical (unpaired) electrons. The van der Waals surface area contributed by atoms with Gasteiger partial charge in [0, 0.05) is 0 Å². The first-order valence-corrected chi connectivity index (χ1v) is 6.36. The molecule has 0 aliphatic carbocycles. The number of methoxy groups -OCH3 is 1. The Morgan fingerprint density at radius 2 is 1.67 bits per heavy atom. The molecule has 5 nitrogen and oxygen atoms in total. The van der Waals surface area contributed by atoms with Gasteiger partial charge in [-0.3, -0.25) is 4.79 Å². The molecule has 0 bridgehead atoms. The Balaban J connectivity index is 2.52. The number of ether oxygens (including phenoxy) is 1. The highest BCUT2D eigenvalue weighted by Gasteiger charge is 2.21. The number of hydrogen-bond donors (Lipinski definition) is 1. The van der Waals surface area contributed by atoms with Crippen LogP contribution >= 0.6 is 0 Å². The summed E-state index contributed by atoms with van der Waals surface area (Å²) in [6.07, 6.45) is -0.740. The van der Waals surface area contributed by atoms with E-state index in [0.29, 0.717) is 16.9 Å². The number of carboxylic acids is 1. The van der Waals surface area contributed by atoms with Crippen molar-refractivity contribution in [1.29, 1.82) is 0 Å². The van der Waals surface area contributed by atoms with Crippen LogP contribution in [0.3, 0.4) is 0 Å². The zero-order valence-electron chi connectivity index (χ0n) is 11.5. The van der Waals surface area contributed by atoms with E-state index >= 15 is 0 Å². The predicted molar refractivity (Wildman–Crippen MR) is 78.8 cm³/mol. The fraction of sp³-hybridized carbons (Fsp3) is 0.125. The van der Waals surface area contributed by atoms with Crippen LogP contribution in [0.1, 0.15) is 5.56 Å². The van der Waals surface area contributed by atoms with E-state index in [-0.39, 0.29) is 6.42 Å². The number of nitrogens with zero attached hydrogens (tertiary/aromatic N) is 1. The molecule has 1 N–H and O–H groups in total. The highest BCUT2D eigenvalue weighted by atomic mass is 16.5. The number of carbonyl (C=O) groups is 2. The van der Waals surface area contributed by atoms with Crippen molar-refractivity contribution >= 4 is 23.4 Å². The largest absolute Gasteiger partial charge is 0.481 e. The Hall–Kier alpha value is -2.82. The average molecular weight is 285 g/mol. The third-order valence-corrected chi connectivity index (χ3v) is 2.95. The van der Waals surface area contributed by atoms with Crippen molar-refractivity contribution in [1.82, 2.24) is 0 Å². The highest BCUT2D eigenvalue weighted by molar-refractivity contribution is 5.97. The van der Waals surface area contributed by atoms with E-state index in [1.165, 1.54) is 12.0 Å². The summed E-state index contributed by atoms with van der Waals surface area (Å²) < 4.78 is 4.82. The number of hydrogen-bond acceptors (Lipinski definition) is 3. The molecule has 2 rings (SSSR count). The summed E-state index contributed by atoms with van der Waals surface area (Å²) in [5.74, 6) is -0.958. The van der Waals surface area contributed by atoms with Crippen molar-refractivity contribution in [3.8, 4) is 0 Å². The monoisotopic (exact) mass is 285 g/mol. The van der Waals surface area contributed by atoms with Gasteiger partial charge in [-0.15, -0.1) is 0 Å². The molecular weight excluding hydrogens is 270 g/mol. The maximum atomic E-state index is 12.1.